The first-order chi connectivity index (χ1) is 16.5. The van der Waals surface area contributed by atoms with E-state index in [0.717, 1.165) is 34.6 Å². The van der Waals surface area contributed by atoms with Gasteiger partial charge in [-0.25, -0.2) is 4.79 Å². The Labute approximate surface area is 199 Å². The summed E-state index contributed by atoms with van der Waals surface area (Å²) in [5, 5.41) is 2.94. The Bertz CT molecular complexity index is 1230. The Morgan fingerprint density at radius 2 is 1.59 bits per heavy atom. The van der Waals surface area contributed by atoms with E-state index in [4.69, 9.17) is 0 Å². The van der Waals surface area contributed by atoms with Crippen molar-refractivity contribution < 1.29 is 14.4 Å². The fourth-order valence-electron chi connectivity index (χ4n) is 5.09. The minimum atomic E-state index is -1.26. The lowest BCUT2D eigenvalue weighted by Crippen LogP contribution is -2.49. The number of urea groups is 1. The molecule has 0 saturated carbocycles. The molecule has 3 aromatic rings. The molecular weight excluding hydrogens is 426 g/mol. The second-order valence-electron chi connectivity index (χ2n) is 9.04. The summed E-state index contributed by atoms with van der Waals surface area (Å²) in [6, 6.07) is 26.1. The van der Waals surface area contributed by atoms with Crippen molar-refractivity contribution in [2.75, 3.05) is 11.4 Å². The number of benzene rings is 3. The van der Waals surface area contributed by atoms with E-state index in [1.807, 2.05) is 91.9 Å². The minimum absolute atomic E-state index is 0.00799. The quantitative estimate of drug-likeness (QED) is 0.593. The molecule has 2 atom stereocenters. The normalized spacial score (nSPS) is 21.9. The molecule has 4 amide bonds. The number of anilines is 1. The number of amides is 4. The first kappa shape index (κ1) is 21.9. The number of aryl methyl sites for hydroxylation is 1. The largest absolute Gasteiger partial charge is 0.325 e. The molecule has 0 spiro atoms. The maximum absolute atomic E-state index is 13.9. The molecule has 2 aliphatic rings. The minimum Gasteiger partial charge on any atom is -0.319 e. The maximum atomic E-state index is 13.9. The van der Waals surface area contributed by atoms with Gasteiger partial charge in [0.1, 0.15) is 6.54 Å². The number of hydrogen-bond donors (Lipinski definition) is 1. The lowest BCUT2D eigenvalue weighted by Gasteiger charge is -2.36. The van der Waals surface area contributed by atoms with Crippen LogP contribution in [0.25, 0.3) is 0 Å². The molecule has 34 heavy (non-hydrogen) atoms. The molecule has 1 N–H and O–H groups in total. The standard InChI is InChI=1S/C28H27N3O3/c1-20-16-17-22-12-8-9-15-24(22)31(20)25(32)19-30-26(33)28(29-27(30)34,23-13-6-3-7-14-23)18-21-10-4-2-5-11-21/h2-15,20H,16-19H2,1H3,(H,29,34). The predicted octanol–water partition coefficient (Wildman–Crippen LogP) is 4.04. The van der Waals surface area contributed by atoms with Crippen LogP contribution < -0.4 is 10.2 Å². The van der Waals surface area contributed by atoms with Crippen molar-refractivity contribution in [3.8, 4) is 0 Å². The van der Waals surface area contributed by atoms with Gasteiger partial charge in [-0.05, 0) is 42.5 Å². The summed E-state index contributed by atoms with van der Waals surface area (Å²) >= 11 is 0. The van der Waals surface area contributed by atoms with Gasteiger partial charge >= 0.3 is 6.03 Å². The van der Waals surface area contributed by atoms with Crippen LogP contribution >= 0.6 is 0 Å². The number of carbonyl (C=O) groups is 3. The topological polar surface area (TPSA) is 69.7 Å². The Balaban J connectivity index is 1.46. The van der Waals surface area contributed by atoms with Crippen LogP contribution in [0.3, 0.4) is 0 Å². The second kappa shape index (κ2) is 8.78. The van der Waals surface area contributed by atoms with Crippen LogP contribution in [-0.2, 0) is 28.0 Å². The molecule has 1 fully saturated rings. The Morgan fingerprint density at radius 3 is 2.32 bits per heavy atom. The average Bonchev–Trinajstić information content (AvgIpc) is 3.10. The van der Waals surface area contributed by atoms with Crippen LogP contribution in [0.5, 0.6) is 0 Å². The molecular formula is C28H27N3O3. The number of fused-ring (bicyclic) bond motifs is 1. The molecule has 2 aliphatic heterocycles. The molecule has 6 heteroatoms. The highest BCUT2D eigenvalue weighted by atomic mass is 16.2. The van der Waals surface area contributed by atoms with Crippen molar-refractivity contribution >= 4 is 23.5 Å². The lowest BCUT2D eigenvalue weighted by atomic mass is 9.83. The van der Waals surface area contributed by atoms with Gasteiger partial charge in [-0.1, -0.05) is 78.9 Å². The third-order valence-corrected chi connectivity index (χ3v) is 6.84. The van der Waals surface area contributed by atoms with E-state index >= 15 is 0 Å². The van der Waals surface area contributed by atoms with Crippen molar-refractivity contribution in [1.82, 2.24) is 10.2 Å². The zero-order chi connectivity index (χ0) is 23.7. The molecule has 6 nitrogen and oxygen atoms in total. The van der Waals surface area contributed by atoms with Gasteiger partial charge in [0.05, 0.1) is 0 Å². The number of nitrogens with one attached hydrogen (secondary N) is 1. The van der Waals surface area contributed by atoms with E-state index in [-0.39, 0.29) is 18.5 Å². The van der Waals surface area contributed by atoms with Crippen molar-refractivity contribution in [2.24, 2.45) is 0 Å². The van der Waals surface area contributed by atoms with E-state index in [2.05, 4.69) is 5.32 Å². The van der Waals surface area contributed by atoms with E-state index in [0.29, 0.717) is 12.0 Å². The molecule has 5 rings (SSSR count). The fourth-order valence-corrected chi connectivity index (χ4v) is 5.09. The highest BCUT2D eigenvalue weighted by molar-refractivity contribution is 6.11. The highest BCUT2D eigenvalue weighted by Crippen LogP contribution is 2.34. The summed E-state index contributed by atoms with van der Waals surface area (Å²) in [7, 11) is 0. The van der Waals surface area contributed by atoms with Crippen LogP contribution in [-0.4, -0.2) is 35.3 Å². The van der Waals surface area contributed by atoms with Gasteiger partial charge in [0, 0.05) is 18.2 Å². The summed E-state index contributed by atoms with van der Waals surface area (Å²) in [5.74, 6) is -0.662. The molecule has 0 radical (unpaired) electrons. The molecule has 0 bridgehead atoms. The summed E-state index contributed by atoms with van der Waals surface area (Å²) in [5.41, 5.74) is 2.33. The van der Waals surface area contributed by atoms with Crippen LogP contribution in [0.4, 0.5) is 10.5 Å². The van der Waals surface area contributed by atoms with E-state index < -0.39 is 17.5 Å². The summed E-state index contributed by atoms with van der Waals surface area (Å²) in [6.07, 6.45) is 2.04. The predicted molar refractivity (Wildman–Crippen MR) is 130 cm³/mol. The highest BCUT2D eigenvalue weighted by Gasteiger charge is 2.53. The van der Waals surface area contributed by atoms with Crippen molar-refractivity contribution in [3.05, 3.63) is 102 Å². The average molecular weight is 454 g/mol. The summed E-state index contributed by atoms with van der Waals surface area (Å²) < 4.78 is 0. The van der Waals surface area contributed by atoms with E-state index in [1.165, 1.54) is 0 Å². The number of carbonyl (C=O) groups excluding carboxylic acids is 3. The van der Waals surface area contributed by atoms with Gasteiger partial charge in [0.25, 0.3) is 5.91 Å². The molecule has 0 aliphatic carbocycles. The Kier molecular flexibility index (Phi) is 5.65. The van der Waals surface area contributed by atoms with Gasteiger partial charge in [-0.3, -0.25) is 14.5 Å². The Morgan fingerprint density at radius 1 is 0.941 bits per heavy atom. The summed E-state index contributed by atoms with van der Waals surface area (Å²) in [6.45, 7) is 1.70. The summed E-state index contributed by atoms with van der Waals surface area (Å²) in [4.78, 5) is 43.3. The van der Waals surface area contributed by atoms with Gasteiger partial charge < -0.3 is 10.2 Å². The molecule has 0 aromatic heterocycles. The number of imide groups is 1. The molecule has 1 saturated heterocycles. The maximum Gasteiger partial charge on any atom is 0.325 e. The fraction of sp³-hybridized carbons (Fsp3) is 0.250. The van der Waals surface area contributed by atoms with Crippen molar-refractivity contribution in [2.45, 2.75) is 37.8 Å². The smallest absolute Gasteiger partial charge is 0.319 e. The van der Waals surface area contributed by atoms with Gasteiger partial charge in [-0.15, -0.1) is 0 Å². The number of rotatable bonds is 5. The number of nitrogens with zero attached hydrogens (tertiary/aromatic N) is 2. The van der Waals surface area contributed by atoms with Crippen molar-refractivity contribution in [1.29, 1.82) is 0 Å². The van der Waals surface area contributed by atoms with E-state index in [1.54, 1.807) is 4.90 Å². The van der Waals surface area contributed by atoms with Crippen molar-refractivity contribution in [3.63, 3.8) is 0 Å². The molecule has 2 heterocycles. The first-order valence-electron chi connectivity index (χ1n) is 11.6. The van der Waals surface area contributed by atoms with Crippen LogP contribution in [0.1, 0.15) is 30.0 Å². The molecule has 3 aromatic carbocycles. The lowest BCUT2D eigenvalue weighted by molar-refractivity contribution is -0.134. The monoisotopic (exact) mass is 453 g/mol. The Hall–Kier alpha value is -3.93. The van der Waals surface area contributed by atoms with Crippen LogP contribution in [0, 0.1) is 0 Å². The van der Waals surface area contributed by atoms with Gasteiger partial charge in [0.15, 0.2) is 5.54 Å². The zero-order valence-corrected chi connectivity index (χ0v) is 19.1. The van der Waals surface area contributed by atoms with Crippen LogP contribution in [0.2, 0.25) is 0 Å². The number of para-hydroxylation sites is 1. The van der Waals surface area contributed by atoms with E-state index in [9.17, 15) is 14.4 Å². The molecule has 2 unspecified atom stereocenters. The number of hydrogen-bond acceptors (Lipinski definition) is 3. The second-order valence-corrected chi connectivity index (χ2v) is 9.04. The first-order valence-corrected chi connectivity index (χ1v) is 11.6. The van der Waals surface area contributed by atoms with Crippen LogP contribution in [0.15, 0.2) is 84.9 Å². The van der Waals surface area contributed by atoms with Gasteiger partial charge in [-0.2, -0.15) is 0 Å². The SMILES string of the molecule is CC1CCc2ccccc2N1C(=O)CN1C(=O)NC(Cc2ccccc2)(c2ccccc2)C1=O. The van der Waals surface area contributed by atoms with Gasteiger partial charge in [0.2, 0.25) is 5.91 Å². The third-order valence-electron chi connectivity index (χ3n) is 6.84. The molecule has 172 valence electrons. The third kappa shape index (κ3) is 3.75. The zero-order valence-electron chi connectivity index (χ0n) is 19.1.